The molecule has 2 heterocycles. The second-order valence-corrected chi connectivity index (χ2v) is 3.09. The number of nitrogens with one attached hydrogen (secondary N) is 1. The molecule has 0 radical (unpaired) electrons. The van der Waals surface area contributed by atoms with E-state index < -0.39 is 0 Å². The van der Waals surface area contributed by atoms with E-state index >= 15 is 0 Å². The molecule has 0 amide bonds. The minimum absolute atomic E-state index is 1.03. The van der Waals surface area contributed by atoms with Crippen LogP contribution < -0.4 is 0 Å². The number of hydrogen-bond donors (Lipinski definition) is 1. The lowest BCUT2D eigenvalue weighted by molar-refractivity contribution is 1.05. The van der Waals surface area contributed by atoms with Gasteiger partial charge in [-0.05, 0) is 31.5 Å². The summed E-state index contributed by atoms with van der Waals surface area (Å²) in [5, 5.41) is 6.90. The number of aryl methyl sites for hydroxylation is 2. The molecule has 1 N–H and O–H groups in total. The maximum atomic E-state index is 4.15. The highest BCUT2D eigenvalue weighted by atomic mass is 15.1. The highest BCUT2D eigenvalue weighted by Crippen LogP contribution is 2.20. The molecular weight excluding hydrogens is 162 g/mol. The lowest BCUT2D eigenvalue weighted by Gasteiger charge is -1.99. The zero-order chi connectivity index (χ0) is 9.26. The first kappa shape index (κ1) is 7.98. The van der Waals surface area contributed by atoms with Gasteiger partial charge in [0.05, 0.1) is 6.20 Å². The summed E-state index contributed by atoms with van der Waals surface area (Å²) in [7, 11) is 0. The van der Waals surface area contributed by atoms with Gasteiger partial charge in [-0.3, -0.25) is 10.1 Å². The van der Waals surface area contributed by atoms with Crippen molar-refractivity contribution in [2.75, 3.05) is 0 Å². The molecule has 0 unspecified atom stereocenters. The van der Waals surface area contributed by atoms with E-state index in [4.69, 9.17) is 0 Å². The van der Waals surface area contributed by atoms with Crippen LogP contribution in [-0.4, -0.2) is 15.2 Å². The van der Waals surface area contributed by atoms with Gasteiger partial charge in [0, 0.05) is 23.1 Å². The standard InChI is InChI=1S/C10H11N3/c1-7-5-9(3-4-11-7)10-6-12-13-8(10)2/h3-6H,1-2H3,(H,12,13). The van der Waals surface area contributed by atoms with Crippen molar-refractivity contribution in [1.29, 1.82) is 0 Å². The molecule has 3 nitrogen and oxygen atoms in total. The molecule has 0 aliphatic heterocycles. The summed E-state index contributed by atoms with van der Waals surface area (Å²) in [6.45, 7) is 4.00. The average Bonchev–Trinajstić information content (AvgIpc) is 2.51. The van der Waals surface area contributed by atoms with E-state index in [-0.39, 0.29) is 0 Å². The Balaban J connectivity index is 2.53. The number of aromatic nitrogens is 3. The summed E-state index contributed by atoms with van der Waals surface area (Å²) in [5.41, 5.74) is 4.42. The molecule has 0 aliphatic rings. The van der Waals surface area contributed by atoms with Crippen LogP contribution in [0.5, 0.6) is 0 Å². The second-order valence-electron chi connectivity index (χ2n) is 3.09. The Hall–Kier alpha value is -1.64. The maximum Gasteiger partial charge on any atom is 0.0568 e. The highest BCUT2D eigenvalue weighted by Gasteiger charge is 2.02. The Labute approximate surface area is 76.8 Å². The van der Waals surface area contributed by atoms with Crippen LogP contribution in [-0.2, 0) is 0 Å². The monoisotopic (exact) mass is 173 g/mol. The van der Waals surface area contributed by atoms with Crippen molar-refractivity contribution in [3.63, 3.8) is 0 Å². The first-order valence-electron chi connectivity index (χ1n) is 4.20. The highest BCUT2D eigenvalue weighted by molar-refractivity contribution is 5.64. The van der Waals surface area contributed by atoms with Gasteiger partial charge in [-0.2, -0.15) is 5.10 Å². The van der Waals surface area contributed by atoms with Gasteiger partial charge in [0.15, 0.2) is 0 Å². The normalized spacial score (nSPS) is 10.3. The Morgan fingerprint density at radius 2 is 2.15 bits per heavy atom. The fourth-order valence-electron chi connectivity index (χ4n) is 1.35. The van der Waals surface area contributed by atoms with Crippen LogP contribution in [0.1, 0.15) is 11.4 Å². The molecule has 66 valence electrons. The van der Waals surface area contributed by atoms with E-state index in [1.165, 1.54) is 5.56 Å². The average molecular weight is 173 g/mol. The van der Waals surface area contributed by atoms with Crippen LogP contribution >= 0.6 is 0 Å². The van der Waals surface area contributed by atoms with Crippen LogP contribution in [0.25, 0.3) is 11.1 Å². The molecule has 2 rings (SSSR count). The minimum Gasteiger partial charge on any atom is -0.282 e. The van der Waals surface area contributed by atoms with Crippen LogP contribution in [0, 0.1) is 13.8 Å². The summed E-state index contributed by atoms with van der Waals surface area (Å²) < 4.78 is 0. The van der Waals surface area contributed by atoms with Gasteiger partial charge in [0.25, 0.3) is 0 Å². The van der Waals surface area contributed by atoms with E-state index in [1.54, 1.807) is 0 Å². The first-order chi connectivity index (χ1) is 6.27. The molecule has 0 saturated carbocycles. The van der Waals surface area contributed by atoms with E-state index in [9.17, 15) is 0 Å². The lowest BCUT2D eigenvalue weighted by atomic mass is 10.1. The molecule has 0 saturated heterocycles. The predicted octanol–water partition coefficient (Wildman–Crippen LogP) is 2.09. The van der Waals surface area contributed by atoms with Crippen LogP contribution in [0.15, 0.2) is 24.5 Å². The van der Waals surface area contributed by atoms with E-state index in [2.05, 4.69) is 21.2 Å². The van der Waals surface area contributed by atoms with Crippen molar-refractivity contribution in [2.24, 2.45) is 0 Å². The zero-order valence-electron chi connectivity index (χ0n) is 7.70. The van der Waals surface area contributed by atoms with Crippen molar-refractivity contribution >= 4 is 0 Å². The third-order valence-corrected chi connectivity index (χ3v) is 2.04. The fourth-order valence-corrected chi connectivity index (χ4v) is 1.35. The summed E-state index contributed by atoms with van der Waals surface area (Å²) in [6, 6.07) is 4.04. The quantitative estimate of drug-likeness (QED) is 0.717. The van der Waals surface area contributed by atoms with Crippen LogP contribution in [0.4, 0.5) is 0 Å². The Morgan fingerprint density at radius 1 is 1.31 bits per heavy atom. The molecule has 0 fully saturated rings. The lowest BCUT2D eigenvalue weighted by Crippen LogP contribution is -1.83. The summed E-state index contributed by atoms with van der Waals surface area (Å²) in [4.78, 5) is 4.15. The van der Waals surface area contributed by atoms with Gasteiger partial charge < -0.3 is 0 Å². The first-order valence-corrected chi connectivity index (χ1v) is 4.20. The van der Waals surface area contributed by atoms with E-state index in [1.807, 2.05) is 32.3 Å². The number of rotatable bonds is 1. The summed E-state index contributed by atoms with van der Waals surface area (Å²) >= 11 is 0. The molecule has 2 aromatic rings. The number of aromatic amines is 1. The SMILES string of the molecule is Cc1cc(-c2cn[nH]c2C)ccn1. The number of nitrogens with zero attached hydrogens (tertiary/aromatic N) is 2. The Kier molecular flexibility index (Phi) is 1.85. The van der Waals surface area contributed by atoms with Gasteiger partial charge in [-0.15, -0.1) is 0 Å². The van der Waals surface area contributed by atoms with Gasteiger partial charge in [0.1, 0.15) is 0 Å². The number of pyridine rings is 1. The van der Waals surface area contributed by atoms with Crippen molar-refractivity contribution in [3.8, 4) is 11.1 Å². The Bertz CT molecular complexity index is 418. The van der Waals surface area contributed by atoms with Gasteiger partial charge in [-0.1, -0.05) is 0 Å². The van der Waals surface area contributed by atoms with Crippen molar-refractivity contribution in [1.82, 2.24) is 15.2 Å². The summed E-state index contributed by atoms with van der Waals surface area (Å²) in [6.07, 6.45) is 3.65. The van der Waals surface area contributed by atoms with Gasteiger partial charge >= 0.3 is 0 Å². The number of hydrogen-bond acceptors (Lipinski definition) is 2. The molecule has 13 heavy (non-hydrogen) atoms. The minimum atomic E-state index is 1.03. The smallest absolute Gasteiger partial charge is 0.0568 e. The van der Waals surface area contributed by atoms with Crippen molar-refractivity contribution in [3.05, 3.63) is 35.9 Å². The molecule has 0 atom stereocenters. The summed E-state index contributed by atoms with van der Waals surface area (Å²) in [5.74, 6) is 0. The molecule has 2 aromatic heterocycles. The topological polar surface area (TPSA) is 41.6 Å². The van der Waals surface area contributed by atoms with Gasteiger partial charge in [-0.25, -0.2) is 0 Å². The molecule has 0 aromatic carbocycles. The number of H-pyrrole nitrogens is 1. The maximum absolute atomic E-state index is 4.15. The van der Waals surface area contributed by atoms with E-state index in [0.29, 0.717) is 0 Å². The van der Waals surface area contributed by atoms with Crippen LogP contribution in [0.3, 0.4) is 0 Å². The van der Waals surface area contributed by atoms with Gasteiger partial charge in [0.2, 0.25) is 0 Å². The predicted molar refractivity (Wildman–Crippen MR) is 51.3 cm³/mol. The van der Waals surface area contributed by atoms with Crippen molar-refractivity contribution < 1.29 is 0 Å². The zero-order valence-corrected chi connectivity index (χ0v) is 7.70. The third kappa shape index (κ3) is 1.45. The molecule has 0 bridgehead atoms. The van der Waals surface area contributed by atoms with Crippen LogP contribution in [0.2, 0.25) is 0 Å². The van der Waals surface area contributed by atoms with Crippen molar-refractivity contribution in [2.45, 2.75) is 13.8 Å². The molecular formula is C10H11N3. The largest absolute Gasteiger partial charge is 0.282 e. The molecule has 0 aliphatic carbocycles. The second kappa shape index (κ2) is 3.01. The fraction of sp³-hybridized carbons (Fsp3) is 0.200. The third-order valence-electron chi connectivity index (χ3n) is 2.04. The Morgan fingerprint density at radius 3 is 2.77 bits per heavy atom. The molecule has 0 spiro atoms. The van der Waals surface area contributed by atoms with E-state index in [0.717, 1.165) is 17.0 Å². The molecule has 3 heteroatoms.